The number of aliphatic imine (C=N–C) groups is 1. The van der Waals surface area contributed by atoms with Crippen LogP contribution in [0.2, 0.25) is 0 Å². The molecule has 1 aliphatic rings. The van der Waals surface area contributed by atoms with Crippen molar-refractivity contribution in [1.29, 1.82) is 0 Å². The first-order chi connectivity index (χ1) is 10.9. The number of likely N-dealkylation sites (N-methyl/N-ethyl adjacent to an activating group) is 1. The Morgan fingerprint density at radius 2 is 1.96 bits per heavy atom. The van der Waals surface area contributed by atoms with Crippen LogP contribution >= 0.6 is 24.0 Å². The number of hydrogen-bond acceptors (Lipinski definition) is 2. The standard InChI is InChI=1S/C19H32N4.HI/c1-19(2,22(4)5)15-21-18(20-3)23-12-11-17(14-23)13-16-9-7-6-8-10-16;/h6-10,17H,11-15H2,1-5H3,(H,20,21);1H. The van der Waals surface area contributed by atoms with Gasteiger partial charge in [-0.1, -0.05) is 30.3 Å². The topological polar surface area (TPSA) is 30.9 Å². The molecule has 5 heteroatoms. The third kappa shape index (κ3) is 5.92. The zero-order valence-corrected chi connectivity index (χ0v) is 18.1. The second kappa shape index (κ2) is 9.61. The van der Waals surface area contributed by atoms with Crippen LogP contribution < -0.4 is 5.32 Å². The Morgan fingerprint density at radius 3 is 2.54 bits per heavy atom. The van der Waals surface area contributed by atoms with Gasteiger partial charge in [-0.05, 0) is 52.3 Å². The van der Waals surface area contributed by atoms with Gasteiger partial charge in [0, 0.05) is 32.2 Å². The number of likely N-dealkylation sites (tertiary alicyclic amines) is 1. The maximum atomic E-state index is 4.49. The summed E-state index contributed by atoms with van der Waals surface area (Å²) in [5.41, 5.74) is 1.55. The van der Waals surface area contributed by atoms with Crippen molar-refractivity contribution in [3.63, 3.8) is 0 Å². The molecule has 1 unspecified atom stereocenters. The maximum Gasteiger partial charge on any atom is 0.193 e. The van der Waals surface area contributed by atoms with Gasteiger partial charge in [-0.15, -0.1) is 24.0 Å². The molecule has 1 atom stereocenters. The lowest BCUT2D eigenvalue weighted by atomic mass is 9.99. The van der Waals surface area contributed by atoms with Gasteiger partial charge >= 0.3 is 0 Å². The number of rotatable bonds is 5. The molecule has 0 aliphatic carbocycles. The van der Waals surface area contributed by atoms with Gasteiger partial charge in [0.1, 0.15) is 0 Å². The van der Waals surface area contributed by atoms with Crippen LogP contribution in [0.5, 0.6) is 0 Å². The molecular weight excluding hydrogens is 411 g/mol. The van der Waals surface area contributed by atoms with E-state index >= 15 is 0 Å². The van der Waals surface area contributed by atoms with Gasteiger partial charge in [-0.3, -0.25) is 4.99 Å². The Kier molecular flexibility index (Phi) is 8.50. The van der Waals surface area contributed by atoms with Crippen LogP contribution in [0.25, 0.3) is 0 Å². The van der Waals surface area contributed by atoms with Crippen LogP contribution in [-0.2, 0) is 6.42 Å². The van der Waals surface area contributed by atoms with Crippen molar-refractivity contribution in [3.05, 3.63) is 35.9 Å². The van der Waals surface area contributed by atoms with E-state index in [-0.39, 0.29) is 29.5 Å². The highest BCUT2D eigenvalue weighted by Crippen LogP contribution is 2.21. The second-order valence-electron chi connectivity index (χ2n) is 7.40. The normalized spacial score (nSPS) is 18.7. The number of hydrogen-bond donors (Lipinski definition) is 1. The fraction of sp³-hybridized carbons (Fsp3) is 0.632. The summed E-state index contributed by atoms with van der Waals surface area (Å²) in [6.07, 6.45) is 2.41. The highest BCUT2D eigenvalue weighted by molar-refractivity contribution is 14.0. The first-order valence-electron chi connectivity index (χ1n) is 8.59. The third-order valence-electron chi connectivity index (χ3n) is 5.05. The summed E-state index contributed by atoms with van der Waals surface area (Å²) >= 11 is 0. The Hall–Kier alpha value is -0.820. The van der Waals surface area contributed by atoms with Crippen LogP contribution in [-0.4, -0.2) is 62.1 Å². The molecule has 24 heavy (non-hydrogen) atoms. The van der Waals surface area contributed by atoms with Gasteiger partial charge < -0.3 is 15.1 Å². The molecule has 136 valence electrons. The van der Waals surface area contributed by atoms with E-state index < -0.39 is 0 Å². The van der Waals surface area contributed by atoms with E-state index in [9.17, 15) is 0 Å². The van der Waals surface area contributed by atoms with Crippen LogP contribution in [0, 0.1) is 5.92 Å². The van der Waals surface area contributed by atoms with Crippen molar-refractivity contribution in [2.75, 3.05) is 40.8 Å². The molecule has 1 aliphatic heterocycles. The summed E-state index contributed by atoms with van der Waals surface area (Å²) < 4.78 is 0. The van der Waals surface area contributed by atoms with E-state index in [0.29, 0.717) is 0 Å². The fourth-order valence-electron chi connectivity index (χ4n) is 2.92. The minimum absolute atomic E-state index is 0. The summed E-state index contributed by atoms with van der Waals surface area (Å²) in [6, 6.07) is 10.8. The number of guanidine groups is 1. The Labute approximate surface area is 164 Å². The van der Waals surface area contributed by atoms with E-state index in [1.807, 2.05) is 7.05 Å². The molecule has 1 N–H and O–H groups in total. The second-order valence-corrected chi connectivity index (χ2v) is 7.40. The molecule has 1 saturated heterocycles. The lowest BCUT2D eigenvalue weighted by molar-refractivity contribution is 0.196. The summed E-state index contributed by atoms with van der Waals surface area (Å²) in [4.78, 5) is 9.13. The van der Waals surface area contributed by atoms with Crippen LogP contribution in [0.1, 0.15) is 25.8 Å². The molecule has 4 nitrogen and oxygen atoms in total. The largest absolute Gasteiger partial charge is 0.354 e. The summed E-state index contributed by atoms with van der Waals surface area (Å²) in [6.45, 7) is 7.58. The molecular formula is C19H33IN4. The van der Waals surface area contributed by atoms with E-state index in [4.69, 9.17) is 0 Å². The van der Waals surface area contributed by atoms with Crippen LogP contribution in [0.3, 0.4) is 0 Å². The Bertz CT molecular complexity index is 513. The molecule has 0 saturated carbocycles. The van der Waals surface area contributed by atoms with Crippen molar-refractivity contribution >= 4 is 29.9 Å². The molecule has 0 amide bonds. The van der Waals surface area contributed by atoms with E-state index in [1.54, 1.807) is 0 Å². The van der Waals surface area contributed by atoms with E-state index in [1.165, 1.54) is 12.0 Å². The minimum atomic E-state index is 0. The molecule has 1 aromatic carbocycles. The van der Waals surface area contributed by atoms with Crippen molar-refractivity contribution in [1.82, 2.24) is 15.1 Å². The van der Waals surface area contributed by atoms with Crippen molar-refractivity contribution in [2.45, 2.75) is 32.2 Å². The summed E-state index contributed by atoms with van der Waals surface area (Å²) in [7, 11) is 6.13. The fourth-order valence-corrected chi connectivity index (χ4v) is 2.92. The Morgan fingerprint density at radius 1 is 1.29 bits per heavy atom. The zero-order valence-electron chi connectivity index (χ0n) is 15.7. The smallest absolute Gasteiger partial charge is 0.193 e. The zero-order chi connectivity index (χ0) is 16.9. The van der Waals surface area contributed by atoms with Gasteiger partial charge in [-0.25, -0.2) is 0 Å². The Balaban J connectivity index is 0.00000288. The number of nitrogens with one attached hydrogen (secondary N) is 1. The molecule has 0 aromatic heterocycles. The van der Waals surface area contributed by atoms with Crippen LogP contribution in [0.15, 0.2) is 35.3 Å². The average molecular weight is 444 g/mol. The van der Waals surface area contributed by atoms with Crippen molar-refractivity contribution in [2.24, 2.45) is 10.9 Å². The molecule has 1 fully saturated rings. The lowest BCUT2D eigenvalue weighted by Gasteiger charge is -2.34. The van der Waals surface area contributed by atoms with E-state index in [2.05, 4.69) is 78.4 Å². The predicted molar refractivity (Wildman–Crippen MR) is 114 cm³/mol. The van der Waals surface area contributed by atoms with Gasteiger partial charge in [-0.2, -0.15) is 0 Å². The molecule has 2 rings (SSSR count). The SMILES string of the molecule is CN=C(NCC(C)(C)N(C)C)N1CCC(Cc2ccccc2)C1.I. The molecule has 0 radical (unpaired) electrons. The average Bonchev–Trinajstić information content (AvgIpc) is 2.97. The monoisotopic (exact) mass is 444 g/mol. The lowest BCUT2D eigenvalue weighted by Crippen LogP contribution is -2.51. The molecule has 1 aromatic rings. The van der Waals surface area contributed by atoms with Gasteiger partial charge in [0.05, 0.1) is 0 Å². The third-order valence-corrected chi connectivity index (χ3v) is 5.05. The predicted octanol–water partition coefficient (Wildman–Crippen LogP) is 3.08. The summed E-state index contributed by atoms with van der Waals surface area (Å²) in [5, 5.41) is 3.55. The molecule has 0 bridgehead atoms. The molecule has 1 heterocycles. The maximum absolute atomic E-state index is 4.49. The number of benzene rings is 1. The van der Waals surface area contributed by atoms with Gasteiger partial charge in [0.2, 0.25) is 0 Å². The quantitative estimate of drug-likeness (QED) is 0.430. The van der Waals surface area contributed by atoms with E-state index in [0.717, 1.165) is 37.9 Å². The highest BCUT2D eigenvalue weighted by Gasteiger charge is 2.27. The highest BCUT2D eigenvalue weighted by atomic mass is 127. The molecule has 0 spiro atoms. The van der Waals surface area contributed by atoms with Crippen LogP contribution in [0.4, 0.5) is 0 Å². The van der Waals surface area contributed by atoms with Gasteiger partial charge in [0.25, 0.3) is 0 Å². The first kappa shape index (κ1) is 21.2. The number of nitrogens with zero attached hydrogens (tertiary/aromatic N) is 3. The van der Waals surface area contributed by atoms with Crippen molar-refractivity contribution < 1.29 is 0 Å². The minimum Gasteiger partial charge on any atom is -0.354 e. The first-order valence-corrected chi connectivity index (χ1v) is 8.59. The van der Waals surface area contributed by atoms with Crippen molar-refractivity contribution in [3.8, 4) is 0 Å². The van der Waals surface area contributed by atoms with Gasteiger partial charge in [0.15, 0.2) is 5.96 Å². The summed E-state index contributed by atoms with van der Waals surface area (Å²) in [5.74, 6) is 1.76. The number of halogens is 1.